The molecule has 0 aliphatic carbocycles. The Bertz CT molecular complexity index is 367. The number of nitrogens with one attached hydrogen (secondary N) is 1. The highest BCUT2D eigenvalue weighted by Crippen LogP contribution is 2.21. The third-order valence-corrected chi connectivity index (χ3v) is 2.83. The van der Waals surface area contributed by atoms with Crippen LogP contribution in [0.5, 0.6) is 0 Å². The molecule has 0 radical (unpaired) electrons. The Morgan fingerprint density at radius 3 is 2.36 bits per heavy atom. The van der Waals surface area contributed by atoms with Crippen LogP contribution in [0.4, 0.5) is 4.79 Å². The molecule has 1 amide bonds. The molecule has 0 aromatic heterocycles. The summed E-state index contributed by atoms with van der Waals surface area (Å²) in [7, 11) is 0. The molecule has 0 heterocycles. The van der Waals surface area contributed by atoms with Gasteiger partial charge in [-0.2, -0.15) is 0 Å². The van der Waals surface area contributed by atoms with Crippen LogP contribution in [-0.2, 0) is 24.0 Å². The van der Waals surface area contributed by atoms with Crippen molar-refractivity contribution >= 4 is 12.1 Å². The zero-order valence-corrected chi connectivity index (χ0v) is 13.9. The van der Waals surface area contributed by atoms with E-state index >= 15 is 0 Å². The molecular weight excluding hydrogens is 290 g/mol. The Morgan fingerprint density at radius 1 is 1.09 bits per heavy atom. The van der Waals surface area contributed by atoms with E-state index in [1.54, 1.807) is 0 Å². The van der Waals surface area contributed by atoms with Crippen LogP contribution in [0.3, 0.4) is 0 Å². The summed E-state index contributed by atoms with van der Waals surface area (Å²) >= 11 is 0. The van der Waals surface area contributed by atoms with Gasteiger partial charge in [0.2, 0.25) is 0 Å². The fourth-order valence-corrected chi connectivity index (χ4v) is 1.06. The smallest absolute Gasteiger partial charge is 0.407 e. The molecule has 7 heteroatoms. The van der Waals surface area contributed by atoms with Crippen molar-refractivity contribution in [3.8, 4) is 0 Å². The minimum atomic E-state index is -0.602. The van der Waals surface area contributed by atoms with E-state index < -0.39 is 11.5 Å². The number of esters is 1. The molecular formula is C15H27NO6. The molecule has 0 unspecified atom stereocenters. The van der Waals surface area contributed by atoms with Crippen molar-refractivity contribution in [2.45, 2.75) is 34.1 Å². The summed E-state index contributed by atoms with van der Waals surface area (Å²) in [6.07, 6.45) is 0.0867. The third kappa shape index (κ3) is 10.2. The van der Waals surface area contributed by atoms with Crippen molar-refractivity contribution in [3.63, 3.8) is 0 Å². The van der Waals surface area contributed by atoms with Crippen molar-refractivity contribution < 1.29 is 28.8 Å². The zero-order valence-electron chi connectivity index (χ0n) is 13.9. The SMILES string of the molecule is C=C(C)COOCCOC(=O)NCCOC(=O)C(C)(C)CC. The molecule has 7 nitrogen and oxygen atoms in total. The van der Waals surface area contributed by atoms with E-state index in [1.165, 1.54) is 0 Å². The predicted octanol–water partition coefficient (Wildman–Crippen LogP) is 2.22. The first-order chi connectivity index (χ1) is 10.3. The second kappa shape index (κ2) is 11.0. The van der Waals surface area contributed by atoms with E-state index in [9.17, 15) is 9.59 Å². The fourth-order valence-electron chi connectivity index (χ4n) is 1.06. The molecule has 0 aliphatic heterocycles. The van der Waals surface area contributed by atoms with Gasteiger partial charge in [0.25, 0.3) is 0 Å². The normalized spacial score (nSPS) is 10.9. The van der Waals surface area contributed by atoms with Crippen LogP contribution in [0.15, 0.2) is 12.2 Å². The van der Waals surface area contributed by atoms with Crippen LogP contribution < -0.4 is 5.32 Å². The minimum Gasteiger partial charge on any atom is -0.463 e. The van der Waals surface area contributed by atoms with Gasteiger partial charge in [0, 0.05) is 0 Å². The maximum Gasteiger partial charge on any atom is 0.407 e. The van der Waals surface area contributed by atoms with Crippen LogP contribution >= 0.6 is 0 Å². The molecule has 1 N–H and O–H groups in total. The van der Waals surface area contributed by atoms with Crippen LogP contribution in [0.25, 0.3) is 0 Å². The van der Waals surface area contributed by atoms with Gasteiger partial charge in [-0.1, -0.05) is 19.1 Å². The molecule has 0 bridgehead atoms. The maximum absolute atomic E-state index is 11.7. The molecule has 0 aromatic carbocycles. The molecule has 0 fully saturated rings. The number of alkyl carbamates (subject to hydrolysis) is 1. The van der Waals surface area contributed by atoms with Crippen LogP contribution in [0, 0.1) is 5.41 Å². The van der Waals surface area contributed by atoms with Crippen LogP contribution in [0.2, 0.25) is 0 Å². The van der Waals surface area contributed by atoms with Gasteiger partial charge in [0.05, 0.1) is 12.0 Å². The van der Waals surface area contributed by atoms with Gasteiger partial charge in [-0.15, -0.1) is 0 Å². The fraction of sp³-hybridized carbons (Fsp3) is 0.733. The number of hydrogen-bond acceptors (Lipinski definition) is 6. The first kappa shape index (κ1) is 20.4. The highest BCUT2D eigenvalue weighted by Gasteiger charge is 2.26. The van der Waals surface area contributed by atoms with Gasteiger partial charge in [-0.25, -0.2) is 14.6 Å². The maximum atomic E-state index is 11.7. The first-order valence-corrected chi connectivity index (χ1v) is 7.26. The zero-order chi connectivity index (χ0) is 17.0. The number of hydrogen-bond donors (Lipinski definition) is 1. The number of carbonyl (C=O) groups is 2. The second-order valence-corrected chi connectivity index (χ2v) is 5.48. The van der Waals surface area contributed by atoms with E-state index in [0.717, 1.165) is 5.57 Å². The summed E-state index contributed by atoms with van der Waals surface area (Å²) in [5, 5.41) is 2.47. The van der Waals surface area contributed by atoms with Crippen molar-refractivity contribution in [2.75, 3.05) is 33.0 Å². The number of carbonyl (C=O) groups excluding carboxylic acids is 2. The quantitative estimate of drug-likeness (QED) is 0.207. The Balaban J connectivity index is 3.54. The highest BCUT2D eigenvalue weighted by molar-refractivity contribution is 5.75. The Kier molecular flexibility index (Phi) is 10.2. The van der Waals surface area contributed by atoms with Crippen LogP contribution in [0.1, 0.15) is 34.1 Å². The van der Waals surface area contributed by atoms with Gasteiger partial charge < -0.3 is 14.8 Å². The van der Waals surface area contributed by atoms with E-state index in [0.29, 0.717) is 13.0 Å². The largest absolute Gasteiger partial charge is 0.463 e. The molecule has 0 aromatic rings. The number of ether oxygens (including phenoxy) is 2. The Morgan fingerprint density at radius 2 is 1.77 bits per heavy atom. The summed E-state index contributed by atoms with van der Waals surface area (Å²) in [5.41, 5.74) is 0.321. The lowest BCUT2D eigenvalue weighted by Gasteiger charge is -2.20. The lowest BCUT2D eigenvalue weighted by molar-refractivity contribution is -0.290. The van der Waals surface area contributed by atoms with Gasteiger partial charge in [0.1, 0.15) is 26.4 Å². The summed E-state index contributed by atoms with van der Waals surface area (Å²) in [6, 6.07) is 0. The summed E-state index contributed by atoms with van der Waals surface area (Å²) in [6.45, 7) is 11.8. The second-order valence-electron chi connectivity index (χ2n) is 5.48. The van der Waals surface area contributed by atoms with E-state index in [4.69, 9.17) is 19.2 Å². The lowest BCUT2D eigenvalue weighted by atomic mass is 9.91. The third-order valence-electron chi connectivity index (χ3n) is 2.83. The topological polar surface area (TPSA) is 83.1 Å². The van der Waals surface area contributed by atoms with Gasteiger partial charge in [-0.3, -0.25) is 4.79 Å². The van der Waals surface area contributed by atoms with Crippen molar-refractivity contribution in [1.29, 1.82) is 0 Å². The van der Waals surface area contributed by atoms with E-state index in [2.05, 4.69) is 11.9 Å². The highest BCUT2D eigenvalue weighted by atomic mass is 17.2. The lowest BCUT2D eigenvalue weighted by Crippen LogP contribution is -2.32. The minimum absolute atomic E-state index is 0.0602. The summed E-state index contributed by atoms with van der Waals surface area (Å²) in [4.78, 5) is 32.5. The summed E-state index contributed by atoms with van der Waals surface area (Å²) in [5.74, 6) is -0.284. The van der Waals surface area contributed by atoms with Crippen molar-refractivity contribution in [1.82, 2.24) is 5.32 Å². The molecule has 128 valence electrons. The molecule has 0 saturated heterocycles. The van der Waals surface area contributed by atoms with Crippen LogP contribution in [-0.4, -0.2) is 45.0 Å². The number of amides is 1. The monoisotopic (exact) mass is 317 g/mol. The molecule has 0 spiro atoms. The average molecular weight is 317 g/mol. The molecule has 0 saturated carbocycles. The van der Waals surface area contributed by atoms with Gasteiger partial charge >= 0.3 is 12.1 Å². The van der Waals surface area contributed by atoms with Crippen molar-refractivity contribution in [2.24, 2.45) is 5.41 Å². The average Bonchev–Trinajstić information content (AvgIpc) is 2.46. The van der Waals surface area contributed by atoms with E-state index in [-0.39, 0.29) is 32.3 Å². The molecule has 0 aliphatic rings. The Labute approximate surface area is 131 Å². The predicted molar refractivity (Wildman–Crippen MR) is 81.1 cm³/mol. The molecule has 22 heavy (non-hydrogen) atoms. The van der Waals surface area contributed by atoms with Gasteiger partial charge in [0.15, 0.2) is 0 Å². The molecule has 0 rings (SSSR count). The first-order valence-electron chi connectivity index (χ1n) is 7.26. The standard InChI is InChI=1S/C15H27NO6/c1-6-15(4,5)13(17)19-8-7-16-14(18)20-9-10-21-22-11-12(2)3/h2,6-11H2,1,3-5H3,(H,16,18). The van der Waals surface area contributed by atoms with Crippen molar-refractivity contribution in [3.05, 3.63) is 12.2 Å². The molecule has 0 atom stereocenters. The Hall–Kier alpha value is -1.60. The van der Waals surface area contributed by atoms with Gasteiger partial charge in [-0.05, 0) is 27.2 Å². The summed E-state index contributed by atoms with van der Waals surface area (Å²) < 4.78 is 9.89. The number of rotatable bonds is 11. The van der Waals surface area contributed by atoms with E-state index in [1.807, 2.05) is 27.7 Å².